The largest absolute Gasteiger partial charge is 0.306 e. The fourth-order valence-corrected chi connectivity index (χ4v) is 1.03. The standard InChI is InChI=1S/C6H5F.C5H7N3O2/c7-6-4-2-1-3-5-6;1-2-7-4-5(3-6-7)8(9)10/h1-5H;3-4H,2H2,1H3. The van der Waals surface area contributed by atoms with Crippen molar-refractivity contribution >= 4 is 5.69 Å². The van der Waals surface area contributed by atoms with Gasteiger partial charge in [0, 0.05) is 6.54 Å². The molecule has 0 unspecified atom stereocenters. The average molecular weight is 237 g/mol. The highest BCUT2D eigenvalue weighted by molar-refractivity contribution is 5.20. The van der Waals surface area contributed by atoms with E-state index in [1.54, 1.807) is 18.2 Å². The number of hydrogen-bond acceptors (Lipinski definition) is 3. The molecule has 0 aliphatic rings. The van der Waals surface area contributed by atoms with E-state index in [1.807, 2.05) is 6.92 Å². The van der Waals surface area contributed by atoms with Crippen LogP contribution in [0.25, 0.3) is 0 Å². The van der Waals surface area contributed by atoms with Gasteiger partial charge < -0.3 is 0 Å². The maximum Gasteiger partial charge on any atom is 0.306 e. The third-order valence-corrected chi connectivity index (χ3v) is 1.89. The molecule has 0 aliphatic carbocycles. The van der Waals surface area contributed by atoms with Gasteiger partial charge in [-0.25, -0.2) is 4.39 Å². The van der Waals surface area contributed by atoms with Crippen molar-refractivity contribution < 1.29 is 9.31 Å². The van der Waals surface area contributed by atoms with Gasteiger partial charge in [-0.2, -0.15) is 5.10 Å². The Morgan fingerprint density at radius 1 is 1.41 bits per heavy atom. The molecule has 17 heavy (non-hydrogen) atoms. The minimum absolute atomic E-state index is 0.0434. The minimum atomic E-state index is -0.459. The minimum Gasteiger partial charge on any atom is -0.266 e. The van der Waals surface area contributed by atoms with Gasteiger partial charge in [-0.05, 0) is 19.1 Å². The van der Waals surface area contributed by atoms with Crippen LogP contribution in [-0.2, 0) is 6.54 Å². The third kappa shape index (κ3) is 4.42. The first kappa shape index (κ1) is 12.8. The number of hydrogen-bond donors (Lipinski definition) is 0. The zero-order valence-corrected chi connectivity index (χ0v) is 9.28. The second-order valence-electron chi connectivity index (χ2n) is 3.11. The average Bonchev–Trinajstić information content (AvgIpc) is 2.79. The Bertz CT molecular complexity index is 471. The summed E-state index contributed by atoms with van der Waals surface area (Å²) in [5.74, 6) is -0.178. The van der Waals surface area contributed by atoms with Crippen LogP contribution in [0.3, 0.4) is 0 Å². The topological polar surface area (TPSA) is 61.0 Å². The summed E-state index contributed by atoms with van der Waals surface area (Å²) in [7, 11) is 0. The van der Waals surface area contributed by atoms with E-state index < -0.39 is 4.92 Å². The lowest BCUT2D eigenvalue weighted by atomic mass is 10.4. The summed E-state index contributed by atoms with van der Waals surface area (Å²) in [6.45, 7) is 2.53. The lowest BCUT2D eigenvalue weighted by molar-refractivity contribution is -0.385. The second-order valence-corrected chi connectivity index (χ2v) is 3.11. The smallest absolute Gasteiger partial charge is 0.266 e. The van der Waals surface area contributed by atoms with Crippen molar-refractivity contribution in [3.8, 4) is 0 Å². The maximum absolute atomic E-state index is 11.9. The monoisotopic (exact) mass is 237 g/mol. The van der Waals surface area contributed by atoms with Crippen LogP contribution in [-0.4, -0.2) is 14.7 Å². The molecule has 0 fully saturated rings. The Hall–Kier alpha value is -2.24. The van der Waals surface area contributed by atoms with Gasteiger partial charge in [0.05, 0.1) is 4.92 Å². The Morgan fingerprint density at radius 2 is 2.06 bits per heavy atom. The van der Waals surface area contributed by atoms with E-state index in [1.165, 1.54) is 29.2 Å². The van der Waals surface area contributed by atoms with E-state index in [0.717, 1.165) is 0 Å². The summed E-state index contributed by atoms with van der Waals surface area (Å²) in [5.41, 5.74) is 0.0434. The molecule has 1 heterocycles. The molecule has 0 saturated heterocycles. The summed E-state index contributed by atoms with van der Waals surface area (Å²) in [6, 6.07) is 7.94. The van der Waals surface area contributed by atoms with Gasteiger partial charge in [-0.1, -0.05) is 18.2 Å². The van der Waals surface area contributed by atoms with Crippen molar-refractivity contribution in [3.63, 3.8) is 0 Å². The van der Waals surface area contributed by atoms with Gasteiger partial charge in [0.15, 0.2) is 0 Å². The van der Waals surface area contributed by atoms with Crippen molar-refractivity contribution in [1.29, 1.82) is 0 Å². The summed E-state index contributed by atoms with van der Waals surface area (Å²) >= 11 is 0. The molecular formula is C11H12FN3O2. The van der Waals surface area contributed by atoms with Gasteiger partial charge in [0.1, 0.15) is 18.2 Å². The molecule has 5 nitrogen and oxygen atoms in total. The van der Waals surface area contributed by atoms with Crippen LogP contribution in [0, 0.1) is 15.9 Å². The van der Waals surface area contributed by atoms with Crippen molar-refractivity contribution in [2.45, 2.75) is 13.5 Å². The van der Waals surface area contributed by atoms with Gasteiger partial charge >= 0.3 is 5.69 Å². The van der Waals surface area contributed by atoms with Gasteiger partial charge in [0.2, 0.25) is 0 Å². The predicted octanol–water partition coefficient (Wildman–Crippen LogP) is 2.64. The number of halogens is 1. The molecule has 0 aliphatic heterocycles. The van der Waals surface area contributed by atoms with Crippen LogP contribution in [0.4, 0.5) is 10.1 Å². The number of aryl methyl sites for hydroxylation is 1. The molecule has 90 valence electrons. The van der Waals surface area contributed by atoms with Crippen LogP contribution in [0.1, 0.15) is 6.92 Å². The first-order valence-corrected chi connectivity index (χ1v) is 5.01. The predicted molar refractivity (Wildman–Crippen MR) is 61.0 cm³/mol. The van der Waals surface area contributed by atoms with Crippen LogP contribution >= 0.6 is 0 Å². The number of rotatable bonds is 2. The molecule has 6 heteroatoms. The van der Waals surface area contributed by atoms with Gasteiger partial charge in [-0.3, -0.25) is 14.8 Å². The van der Waals surface area contributed by atoms with Gasteiger partial charge in [-0.15, -0.1) is 0 Å². The van der Waals surface area contributed by atoms with Crippen molar-refractivity contribution in [3.05, 3.63) is 58.7 Å². The molecule has 0 atom stereocenters. The summed E-state index contributed by atoms with van der Waals surface area (Å²) in [6.07, 6.45) is 2.64. The zero-order chi connectivity index (χ0) is 12.7. The van der Waals surface area contributed by atoms with Crippen LogP contribution in [0.5, 0.6) is 0 Å². The normalized spacial score (nSPS) is 9.29. The van der Waals surface area contributed by atoms with E-state index in [9.17, 15) is 14.5 Å². The number of aromatic nitrogens is 2. The van der Waals surface area contributed by atoms with E-state index in [-0.39, 0.29) is 11.5 Å². The number of benzene rings is 1. The first-order valence-electron chi connectivity index (χ1n) is 5.01. The maximum atomic E-state index is 11.9. The highest BCUT2D eigenvalue weighted by atomic mass is 19.1. The van der Waals surface area contributed by atoms with Gasteiger partial charge in [0.25, 0.3) is 0 Å². The highest BCUT2D eigenvalue weighted by Gasteiger charge is 2.06. The van der Waals surface area contributed by atoms with Crippen LogP contribution in [0.15, 0.2) is 42.7 Å². The van der Waals surface area contributed by atoms with E-state index in [0.29, 0.717) is 6.54 Å². The molecule has 0 saturated carbocycles. The van der Waals surface area contributed by atoms with Crippen LogP contribution in [0.2, 0.25) is 0 Å². The van der Waals surface area contributed by atoms with Crippen molar-refractivity contribution in [1.82, 2.24) is 9.78 Å². The summed E-state index contributed by atoms with van der Waals surface area (Å²) in [5, 5.41) is 13.8. The third-order valence-electron chi connectivity index (χ3n) is 1.89. The fraction of sp³-hybridized carbons (Fsp3) is 0.182. The lowest BCUT2D eigenvalue weighted by Crippen LogP contribution is -1.92. The molecule has 2 rings (SSSR count). The number of nitrogens with zero attached hydrogens (tertiary/aromatic N) is 3. The lowest BCUT2D eigenvalue weighted by Gasteiger charge is -1.87. The molecule has 0 radical (unpaired) electrons. The van der Waals surface area contributed by atoms with E-state index in [2.05, 4.69) is 5.10 Å². The number of nitro groups is 1. The van der Waals surface area contributed by atoms with E-state index in [4.69, 9.17) is 0 Å². The second kappa shape index (κ2) is 6.37. The Labute approximate surface area is 97.6 Å². The Balaban J connectivity index is 0.000000181. The zero-order valence-electron chi connectivity index (χ0n) is 9.28. The Kier molecular flexibility index (Phi) is 4.80. The summed E-state index contributed by atoms with van der Waals surface area (Å²) in [4.78, 5) is 9.62. The quantitative estimate of drug-likeness (QED) is 0.595. The summed E-state index contributed by atoms with van der Waals surface area (Å²) < 4.78 is 13.4. The van der Waals surface area contributed by atoms with Crippen LogP contribution < -0.4 is 0 Å². The molecular weight excluding hydrogens is 225 g/mol. The molecule has 0 N–H and O–H groups in total. The molecule has 1 aromatic heterocycles. The first-order chi connectivity index (χ1) is 8.13. The molecule has 0 bridgehead atoms. The highest BCUT2D eigenvalue weighted by Crippen LogP contribution is 2.06. The fourth-order valence-electron chi connectivity index (χ4n) is 1.03. The van der Waals surface area contributed by atoms with E-state index >= 15 is 0 Å². The molecule has 2 aromatic rings. The molecule has 1 aromatic carbocycles. The van der Waals surface area contributed by atoms with Crippen molar-refractivity contribution in [2.75, 3.05) is 0 Å². The molecule has 0 amide bonds. The Morgan fingerprint density at radius 3 is 2.35 bits per heavy atom. The van der Waals surface area contributed by atoms with Crippen molar-refractivity contribution in [2.24, 2.45) is 0 Å². The molecule has 0 spiro atoms. The SMILES string of the molecule is CCn1cc([N+](=O)[O-])cn1.Fc1ccccc1.